The van der Waals surface area contributed by atoms with Crippen LogP contribution in [0.5, 0.6) is 17.2 Å². The molecule has 3 heterocycles. The lowest BCUT2D eigenvalue weighted by atomic mass is 9.85. The summed E-state index contributed by atoms with van der Waals surface area (Å²) in [4.78, 5) is 32.5. The number of methoxy groups -OCH3 is 1. The first-order valence-electron chi connectivity index (χ1n) is 23.8. The highest BCUT2D eigenvalue weighted by Crippen LogP contribution is 2.42. The van der Waals surface area contributed by atoms with Crippen LogP contribution >= 0.6 is 0 Å². The van der Waals surface area contributed by atoms with Gasteiger partial charge in [-0.3, -0.25) is 24.4 Å². The number of nitrogens with zero attached hydrogens (tertiary/aromatic N) is 3. The number of benzene rings is 3. The smallest absolute Gasteiger partial charge is 0.416 e. The minimum absolute atomic E-state index is 0.00561. The lowest BCUT2D eigenvalue weighted by molar-refractivity contribution is -0.138. The van der Waals surface area contributed by atoms with Gasteiger partial charge in [-0.1, -0.05) is 54.3 Å². The number of nitrogens with one attached hydrogen (secondary N) is 2. The van der Waals surface area contributed by atoms with E-state index in [0.29, 0.717) is 17.9 Å². The van der Waals surface area contributed by atoms with E-state index >= 15 is 0 Å². The Kier molecular flexibility index (Phi) is 15.1. The van der Waals surface area contributed by atoms with E-state index in [1.807, 2.05) is 42.5 Å². The van der Waals surface area contributed by atoms with Crippen LogP contribution in [0.3, 0.4) is 0 Å². The zero-order chi connectivity index (χ0) is 47.2. The van der Waals surface area contributed by atoms with E-state index in [-0.39, 0.29) is 41.9 Å². The molecule has 3 aliphatic carbocycles. The van der Waals surface area contributed by atoms with Gasteiger partial charge in [-0.15, -0.1) is 0 Å². The Hall–Kier alpha value is -5.66. The van der Waals surface area contributed by atoms with E-state index in [4.69, 9.17) is 14.2 Å². The van der Waals surface area contributed by atoms with Crippen molar-refractivity contribution in [1.29, 1.82) is 0 Å². The monoisotopic (exact) mass is 919 g/mol. The zero-order valence-electron chi connectivity index (χ0n) is 39.5. The molecule has 3 fully saturated rings. The number of carbonyl (C=O) groups excluding carboxylic acids is 2. The third-order valence-corrected chi connectivity index (χ3v) is 14.5. The molecule has 0 spiro atoms. The van der Waals surface area contributed by atoms with Gasteiger partial charge in [0.2, 0.25) is 11.8 Å². The number of ether oxygens (including phenoxy) is 3. The molecule has 5 aliphatic rings. The number of alkyl halides is 3. The molecule has 67 heavy (non-hydrogen) atoms. The standard InChI is InChI=1S/C29H34F3N3O2.C25H30N2O3/c1-18-21(14-35-15-22(16-35)28(36)33-2)8-7-20-11-24(9-10-25(18)20)37-17-23-12-27(29(30,31)32)26(13-34-23)19-5-3-4-6-19;1-17-19(13-27-14-21(15-27)25(28)26-2)9-8-18-12-22(10-11-23(17)18)30-16-20-6-4-5-7-24(20)29-3/h9-13,19,22H,3-8,14-17H2,1-2H3,(H,33,36);4-7,10-12,21H,8-9,13-16H2,1-3H3,(H,26,28). The third kappa shape index (κ3) is 11.2. The van der Waals surface area contributed by atoms with Crippen molar-refractivity contribution in [2.24, 2.45) is 11.8 Å². The number of para-hydroxylation sites is 1. The Labute approximate surface area is 393 Å². The van der Waals surface area contributed by atoms with Crippen LogP contribution in [0.25, 0.3) is 11.1 Å². The van der Waals surface area contributed by atoms with Crippen molar-refractivity contribution in [2.45, 2.75) is 90.5 Å². The van der Waals surface area contributed by atoms with Gasteiger partial charge in [0.1, 0.15) is 30.5 Å². The van der Waals surface area contributed by atoms with Gasteiger partial charge in [0.05, 0.1) is 30.2 Å². The van der Waals surface area contributed by atoms with Crippen LogP contribution in [0, 0.1) is 11.8 Å². The normalized spacial score (nSPS) is 18.0. The van der Waals surface area contributed by atoms with Crippen LogP contribution in [0.15, 0.2) is 84.1 Å². The summed E-state index contributed by atoms with van der Waals surface area (Å²) in [6, 6.07) is 21.5. The summed E-state index contributed by atoms with van der Waals surface area (Å²) in [5, 5.41) is 5.47. The fourth-order valence-corrected chi connectivity index (χ4v) is 10.4. The number of likely N-dealkylation sites (tertiary alicyclic amines) is 2. The van der Waals surface area contributed by atoms with Gasteiger partial charge in [0.25, 0.3) is 0 Å². The largest absolute Gasteiger partial charge is 0.496 e. The van der Waals surface area contributed by atoms with Gasteiger partial charge in [0.15, 0.2) is 0 Å². The van der Waals surface area contributed by atoms with E-state index in [1.54, 1.807) is 21.2 Å². The number of aromatic nitrogens is 1. The molecule has 13 heteroatoms. The lowest BCUT2D eigenvalue weighted by Crippen LogP contribution is -2.53. The van der Waals surface area contributed by atoms with Crippen LogP contribution in [-0.2, 0) is 41.8 Å². The second kappa shape index (κ2) is 21.1. The van der Waals surface area contributed by atoms with Gasteiger partial charge in [0, 0.05) is 65.1 Å². The third-order valence-electron chi connectivity index (χ3n) is 14.5. The number of hydrogen-bond acceptors (Lipinski definition) is 8. The first kappa shape index (κ1) is 47.8. The van der Waals surface area contributed by atoms with Crippen molar-refractivity contribution >= 4 is 23.0 Å². The van der Waals surface area contributed by atoms with E-state index in [2.05, 4.69) is 57.5 Å². The van der Waals surface area contributed by atoms with Crippen LogP contribution < -0.4 is 24.8 Å². The molecule has 4 aromatic rings. The molecule has 2 aliphatic heterocycles. The first-order valence-corrected chi connectivity index (χ1v) is 23.8. The first-order chi connectivity index (χ1) is 32.3. The summed E-state index contributed by atoms with van der Waals surface area (Å²) >= 11 is 0. The van der Waals surface area contributed by atoms with Gasteiger partial charge in [-0.25, -0.2) is 0 Å². The maximum Gasteiger partial charge on any atom is 0.416 e. The average molecular weight is 920 g/mol. The van der Waals surface area contributed by atoms with Crippen LogP contribution in [0.1, 0.15) is 103 Å². The number of hydrogen-bond donors (Lipinski definition) is 2. The van der Waals surface area contributed by atoms with Crippen LogP contribution in [-0.4, -0.2) is 87.1 Å². The van der Waals surface area contributed by atoms with Gasteiger partial charge in [-0.2, -0.15) is 13.2 Å². The second-order valence-corrected chi connectivity index (χ2v) is 18.7. The molecule has 2 N–H and O–H groups in total. The minimum Gasteiger partial charge on any atom is -0.496 e. The number of pyridine rings is 1. The average Bonchev–Trinajstić information content (AvgIpc) is 3.86. The van der Waals surface area contributed by atoms with E-state index in [1.165, 1.54) is 50.7 Å². The van der Waals surface area contributed by atoms with Gasteiger partial charge in [-0.05, 0) is 134 Å². The molecule has 0 atom stereocenters. The SMILES string of the molecule is CNC(=O)C1CN(CC2=C(C)c3ccc(OCc4cc(C(F)(F)F)c(C5CCCC5)cn4)cc3CC2)C1.CNC(=O)C1CN(CC2=C(C)c3ccc(OCc4ccccc4OC)cc3CC2)C1. The number of aryl methyl sites for hydroxylation is 2. The number of halogens is 3. The number of rotatable bonds is 14. The Balaban J connectivity index is 0.000000186. The molecular weight excluding hydrogens is 856 g/mol. The molecule has 1 saturated carbocycles. The Morgan fingerprint density at radius 2 is 1.24 bits per heavy atom. The molecule has 356 valence electrons. The topological polar surface area (TPSA) is 105 Å². The van der Waals surface area contributed by atoms with Gasteiger partial charge >= 0.3 is 6.18 Å². The quantitative estimate of drug-likeness (QED) is 0.129. The minimum atomic E-state index is -4.40. The fourth-order valence-electron chi connectivity index (χ4n) is 10.4. The highest BCUT2D eigenvalue weighted by molar-refractivity contribution is 5.80. The molecule has 1 aromatic heterocycles. The van der Waals surface area contributed by atoms with E-state index < -0.39 is 11.7 Å². The Bertz CT molecular complexity index is 2500. The molecule has 2 saturated heterocycles. The summed E-state index contributed by atoms with van der Waals surface area (Å²) < 4.78 is 58.7. The molecule has 3 aromatic carbocycles. The van der Waals surface area contributed by atoms with Gasteiger partial charge < -0.3 is 24.8 Å². The van der Waals surface area contributed by atoms with Crippen molar-refractivity contribution < 1.29 is 37.0 Å². The van der Waals surface area contributed by atoms with E-state index in [0.717, 1.165) is 114 Å². The fraction of sp³-hybridized carbons (Fsp3) is 0.463. The lowest BCUT2D eigenvalue weighted by Gasteiger charge is -2.39. The summed E-state index contributed by atoms with van der Waals surface area (Å²) in [6.45, 7) is 9.99. The highest BCUT2D eigenvalue weighted by atomic mass is 19.4. The maximum atomic E-state index is 13.8. The molecular formula is C54H64F3N5O5. The van der Waals surface area contributed by atoms with E-state index in [9.17, 15) is 22.8 Å². The number of fused-ring (bicyclic) bond motifs is 2. The predicted molar refractivity (Wildman–Crippen MR) is 255 cm³/mol. The zero-order valence-corrected chi connectivity index (χ0v) is 39.5. The number of carbonyl (C=O) groups is 2. The second-order valence-electron chi connectivity index (χ2n) is 18.7. The Morgan fingerprint density at radius 3 is 1.75 bits per heavy atom. The number of amides is 2. The molecule has 2 amide bonds. The number of allylic oxidation sites excluding steroid dienone is 2. The highest BCUT2D eigenvalue weighted by Gasteiger charge is 2.37. The van der Waals surface area contributed by atoms with Crippen LogP contribution in [0.2, 0.25) is 0 Å². The molecule has 0 unspecified atom stereocenters. The summed E-state index contributed by atoms with van der Waals surface area (Å²) in [5.41, 5.74) is 11.6. The summed E-state index contributed by atoms with van der Waals surface area (Å²) in [6.07, 6.45) is 4.46. The van der Waals surface area contributed by atoms with Crippen molar-refractivity contribution in [3.8, 4) is 17.2 Å². The summed E-state index contributed by atoms with van der Waals surface area (Å²) in [7, 11) is 5.07. The molecule has 10 nitrogen and oxygen atoms in total. The predicted octanol–water partition coefficient (Wildman–Crippen LogP) is 9.41. The molecule has 0 radical (unpaired) electrons. The van der Waals surface area contributed by atoms with Crippen molar-refractivity contribution in [3.63, 3.8) is 0 Å². The molecule has 0 bridgehead atoms. The van der Waals surface area contributed by atoms with Crippen molar-refractivity contribution in [2.75, 3.05) is 60.5 Å². The Morgan fingerprint density at radius 1 is 0.716 bits per heavy atom. The van der Waals surface area contributed by atoms with Crippen molar-refractivity contribution in [3.05, 3.63) is 129 Å². The molecule has 9 rings (SSSR count). The maximum absolute atomic E-state index is 13.8. The van der Waals surface area contributed by atoms with Crippen LogP contribution in [0.4, 0.5) is 13.2 Å². The van der Waals surface area contributed by atoms with Crippen molar-refractivity contribution in [1.82, 2.24) is 25.4 Å². The summed E-state index contributed by atoms with van der Waals surface area (Å²) in [5.74, 6) is 2.83.